The standard InChI is InChI=1S/C28H23N5O3/c34-27-26(17-21-8-7-12-25(16-21)36-20-24-11-3-6-15-31-24)32(18-22-9-1-4-13-29-22)28(35)33(27)19-23-10-2-5-14-30-23/h1-17H,18-20H2/b26-17+. The number of urea groups is 1. The molecule has 1 fully saturated rings. The minimum absolute atomic E-state index is 0.0851. The van der Waals surface area contributed by atoms with E-state index in [1.165, 1.54) is 9.80 Å². The van der Waals surface area contributed by atoms with Gasteiger partial charge in [0, 0.05) is 18.6 Å². The van der Waals surface area contributed by atoms with Crippen molar-refractivity contribution in [1.29, 1.82) is 0 Å². The molecular formula is C28H23N5O3. The first kappa shape index (κ1) is 22.9. The van der Waals surface area contributed by atoms with Gasteiger partial charge in [-0.1, -0.05) is 30.3 Å². The summed E-state index contributed by atoms with van der Waals surface area (Å²) in [4.78, 5) is 42.3. The van der Waals surface area contributed by atoms with Crippen LogP contribution in [0.3, 0.4) is 0 Å². The number of hydrogen-bond acceptors (Lipinski definition) is 6. The minimum atomic E-state index is -0.412. The third-order valence-corrected chi connectivity index (χ3v) is 5.58. The quantitative estimate of drug-likeness (QED) is 0.275. The summed E-state index contributed by atoms with van der Waals surface area (Å²) in [6.07, 6.45) is 6.72. The number of benzene rings is 1. The van der Waals surface area contributed by atoms with Crippen LogP contribution < -0.4 is 4.74 Å². The van der Waals surface area contributed by atoms with Crippen molar-refractivity contribution in [2.75, 3.05) is 0 Å². The average molecular weight is 478 g/mol. The molecule has 8 nitrogen and oxygen atoms in total. The first-order valence-electron chi connectivity index (χ1n) is 11.4. The fourth-order valence-corrected chi connectivity index (χ4v) is 3.82. The van der Waals surface area contributed by atoms with Crippen molar-refractivity contribution in [1.82, 2.24) is 24.8 Å². The van der Waals surface area contributed by atoms with E-state index in [9.17, 15) is 9.59 Å². The molecule has 3 aromatic heterocycles. The number of imide groups is 1. The van der Waals surface area contributed by atoms with Crippen molar-refractivity contribution < 1.29 is 14.3 Å². The van der Waals surface area contributed by atoms with Gasteiger partial charge in [0.05, 0.1) is 30.2 Å². The van der Waals surface area contributed by atoms with Crippen molar-refractivity contribution in [2.24, 2.45) is 0 Å². The number of amides is 3. The molecule has 0 bridgehead atoms. The Morgan fingerprint density at radius 1 is 0.694 bits per heavy atom. The minimum Gasteiger partial charge on any atom is -0.487 e. The van der Waals surface area contributed by atoms with E-state index in [0.717, 1.165) is 11.3 Å². The number of carbonyl (C=O) groups excluding carboxylic acids is 2. The predicted molar refractivity (Wildman–Crippen MR) is 133 cm³/mol. The Bertz CT molecular complexity index is 1380. The highest BCUT2D eigenvalue weighted by Gasteiger charge is 2.41. The summed E-state index contributed by atoms with van der Waals surface area (Å²) < 4.78 is 5.88. The molecule has 1 aliphatic heterocycles. The molecule has 0 spiro atoms. The van der Waals surface area contributed by atoms with Gasteiger partial charge >= 0.3 is 6.03 Å². The third-order valence-electron chi connectivity index (χ3n) is 5.58. The van der Waals surface area contributed by atoms with Crippen LogP contribution >= 0.6 is 0 Å². The van der Waals surface area contributed by atoms with Gasteiger partial charge in [-0.3, -0.25) is 29.5 Å². The molecule has 0 saturated carbocycles. The number of ether oxygens (including phenoxy) is 1. The summed E-state index contributed by atoms with van der Waals surface area (Å²) in [6.45, 7) is 0.579. The lowest BCUT2D eigenvalue weighted by Gasteiger charge is -2.17. The molecule has 0 N–H and O–H groups in total. The molecule has 3 amide bonds. The Labute approximate surface area is 208 Å². The van der Waals surface area contributed by atoms with Gasteiger partial charge in [-0.15, -0.1) is 0 Å². The van der Waals surface area contributed by atoms with Crippen molar-refractivity contribution in [2.45, 2.75) is 19.7 Å². The Hall–Kier alpha value is -4.85. The number of carbonyl (C=O) groups is 2. The van der Waals surface area contributed by atoms with Crippen molar-refractivity contribution in [3.05, 3.63) is 126 Å². The van der Waals surface area contributed by atoms with Crippen LogP contribution in [0.1, 0.15) is 22.6 Å². The van der Waals surface area contributed by atoms with Crippen molar-refractivity contribution >= 4 is 18.0 Å². The van der Waals surface area contributed by atoms with Crippen LogP contribution in [-0.2, 0) is 24.5 Å². The van der Waals surface area contributed by atoms with Crippen LogP contribution in [0.5, 0.6) is 5.75 Å². The SMILES string of the molecule is O=C1/C(=C\c2cccc(OCc3ccccn3)c2)N(Cc2ccccn2)C(=O)N1Cc1ccccn1. The number of nitrogens with zero attached hydrogens (tertiary/aromatic N) is 5. The molecule has 0 radical (unpaired) electrons. The van der Waals surface area contributed by atoms with Gasteiger partial charge in [-0.2, -0.15) is 0 Å². The molecule has 0 unspecified atom stereocenters. The van der Waals surface area contributed by atoms with E-state index in [0.29, 0.717) is 23.7 Å². The summed E-state index contributed by atoms with van der Waals surface area (Å²) in [5.41, 5.74) is 3.11. The summed E-state index contributed by atoms with van der Waals surface area (Å²) in [5, 5.41) is 0. The highest BCUT2D eigenvalue weighted by Crippen LogP contribution is 2.27. The summed E-state index contributed by atoms with van der Waals surface area (Å²) in [7, 11) is 0. The van der Waals surface area contributed by atoms with Crippen LogP contribution in [-0.4, -0.2) is 36.7 Å². The Morgan fingerprint density at radius 3 is 1.92 bits per heavy atom. The van der Waals surface area contributed by atoms with Crippen LogP contribution in [0.4, 0.5) is 4.79 Å². The highest BCUT2D eigenvalue weighted by molar-refractivity contribution is 6.13. The van der Waals surface area contributed by atoms with Gasteiger partial charge in [0.15, 0.2) is 0 Å². The first-order chi connectivity index (χ1) is 17.7. The maximum Gasteiger partial charge on any atom is 0.332 e. The largest absolute Gasteiger partial charge is 0.487 e. The molecule has 4 heterocycles. The van der Waals surface area contributed by atoms with E-state index in [1.54, 1.807) is 42.9 Å². The van der Waals surface area contributed by atoms with E-state index in [4.69, 9.17) is 4.74 Å². The summed E-state index contributed by atoms with van der Waals surface area (Å²) in [6, 6.07) is 23.5. The van der Waals surface area contributed by atoms with E-state index in [1.807, 2.05) is 60.7 Å². The number of rotatable bonds is 8. The van der Waals surface area contributed by atoms with Gasteiger partial charge in [0.2, 0.25) is 0 Å². The van der Waals surface area contributed by atoms with Crippen molar-refractivity contribution in [3.63, 3.8) is 0 Å². The molecule has 1 aromatic carbocycles. The zero-order chi connectivity index (χ0) is 24.7. The molecule has 36 heavy (non-hydrogen) atoms. The summed E-state index contributed by atoms with van der Waals surface area (Å²) >= 11 is 0. The van der Waals surface area contributed by atoms with Crippen LogP contribution in [0.15, 0.2) is 103 Å². The van der Waals surface area contributed by atoms with Gasteiger partial charge in [-0.25, -0.2) is 4.79 Å². The molecular weight excluding hydrogens is 454 g/mol. The third kappa shape index (κ3) is 5.28. The Balaban J connectivity index is 1.42. The number of hydrogen-bond donors (Lipinski definition) is 0. The molecule has 5 rings (SSSR count). The molecule has 1 aliphatic rings. The molecule has 1 saturated heterocycles. The zero-order valence-electron chi connectivity index (χ0n) is 19.4. The van der Waals surface area contributed by atoms with Gasteiger partial charge in [0.1, 0.15) is 18.1 Å². The molecule has 178 valence electrons. The van der Waals surface area contributed by atoms with Crippen LogP contribution in [0.25, 0.3) is 6.08 Å². The molecule has 0 atom stereocenters. The van der Waals surface area contributed by atoms with Crippen LogP contribution in [0.2, 0.25) is 0 Å². The normalized spacial score (nSPS) is 14.5. The second-order valence-electron chi connectivity index (χ2n) is 8.11. The second-order valence-corrected chi connectivity index (χ2v) is 8.11. The predicted octanol–water partition coefficient (Wildman–Crippen LogP) is 4.46. The fraction of sp³-hybridized carbons (Fsp3) is 0.107. The molecule has 0 aliphatic carbocycles. The van der Waals surface area contributed by atoms with E-state index in [2.05, 4.69) is 15.0 Å². The van der Waals surface area contributed by atoms with Gasteiger partial charge in [-0.05, 0) is 60.2 Å². The topological polar surface area (TPSA) is 88.5 Å². The van der Waals surface area contributed by atoms with Gasteiger partial charge < -0.3 is 4.74 Å². The highest BCUT2D eigenvalue weighted by atomic mass is 16.5. The maximum atomic E-state index is 13.4. The molecule has 4 aromatic rings. The van der Waals surface area contributed by atoms with E-state index >= 15 is 0 Å². The average Bonchev–Trinajstić information content (AvgIpc) is 3.13. The van der Waals surface area contributed by atoms with E-state index < -0.39 is 6.03 Å². The van der Waals surface area contributed by atoms with Crippen molar-refractivity contribution in [3.8, 4) is 5.75 Å². The lowest BCUT2D eigenvalue weighted by molar-refractivity contribution is -0.123. The van der Waals surface area contributed by atoms with E-state index in [-0.39, 0.29) is 24.7 Å². The summed E-state index contributed by atoms with van der Waals surface area (Å²) in [5.74, 6) is 0.245. The Kier molecular flexibility index (Phi) is 6.75. The second kappa shape index (κ2) is 10.6. The molecule has 8 heteroatoms. The van der Waals surface area contributed by atoms with Gasteiger partial charge in [0.25, 0.3) is 5.91 Å². The Morgan fingerprint density at radius 2 is 1.31 bits per heavy atom. The monoisotopic (exact) mass is 477 g/mol. The number of aromatic nitrogens is 3. The fourth-order valence-electron chi connectivity index (χ4n) is 3.82. The number of pyridine rings is 3. The smallest absolute Gasteiger partial charge is 0.332 e. The first-order valence-corrected chi connectivity index (χ1v) is 11.4. The maximum absolute atomic E-state index is 13.4. The lowest BCUT2D eigenvalue weighted by Crippen LogP contribution is -2.32. The lowest BCUT2D eigenvalue weighted by atomic mass is 10.1. The zero-order valence-corrected chi connectivity index (χ0v) is 19.4. The van der Waals surface area contributed by atoms with Crippen LogP contribution in [0, 0.1) is 0 Å².